The highest BCUT2D eigenvalue weighted by Gasteiger charge is 2.34. The summed E-state index contributed by atoms with van der Waals surface area (Å²) < 4.78 is 0. The van der Waals surface area contributed by atoms with Gasteiger partial charge in [0, 0.05) is 41.6 Å². The van der Waals surface area contributed by atoms with Gasteiger partial charge in [-0.3, -0.25) is 14.6 Å². The maximum Gasteiger partial charge on any atom is 0.255 e. The van der Waals surface area contributed by atoms with Gasteiger partial charge < -0.3 is 9.80 Å². The third-order valence-electron chi connectivity index (χ3n) is 5.10. The van der Waals surface area contributed by atoms with Crippen LogP contribution in [0, 0.1) is 6.92 Å². The fourth-order valence-corrected chi connectivity index (χ4v) is 3.56. The number of anilines is 1. The summed E-state index contributed by atoms with van der Waals surface area (Å²) in [6, 6.07) is 15.3. The van der Waals surface area contributed by atoms with Crippen molar-refractivity contribution in [3.05, 3.63) is 72.1 Å². The lowest BCUT2D eigenvalue weighted by atomic mass is 10.0. The van der Waals surface area contributed by atoms with E-state index < -0.39 is 0 Å². The zero-order valence-corrected chi connectivity index (χ0v) is 15.4. The number of fused-ring (bicyclic) bond motifs is 1. The number of aryl methyl sites for hydroxylation is 1. The van der Waals surface area contributed by atoms with Crippen LogP contribution in [0.4, 0.5) is 5.69 Å². The van der Waals surface area contributed by atoms with Crippen LogP contribution in [0.1, 0.15) is 22.8 Å². The van der Waals surface area contributed by atoms with Crippen LogP contribution in [0.25, 0.3) is 10.8 Å². The summed E-state index contributed by atoms with van der Waals surface area (Å²) in [5.41, 5.74) is 2.64. The van der Waals surface area contributed by atoms with Gasteiger partial charge in [0.25, 0.3) is 5.91 Å². The molecular weight excluding hydrogens is 338 g/mol. The number of pyridine rings is 1. The van der Waals surface area contributed by atoms with E-state index in [1.807, 2.05) is 62.4 Å². The van der Waals surface area contributed by atoms with Crippen LogP contribution in [-0.4, -0.2) is 40.8 Å². The van der Waals surface area contributed by atoms with E-state index >= 15 is 0 Å². The van der Waals surface area contributed by atoms with Gasteiger partial charge in [0.1, 0.15) is 6.54 Å². The van der Waals surface area contributed by atoms with Gasteiger partial charge in [-0.2, -0.15) is 0 Å². The normalized spacial score (nSPS) is 17.4. The first-order valence-corrected chi connectivity index (χ1v) is 9.05. The molecule has 0 unspecified atom stereocenters. The summed E-state index contributed by atoms with van der Waals surface area (Å²) in [7, 11) is 0. The monoisotopic (exact) mass is 359 g/mol. The van der Waals surface area contributed by atoms with Crippen LogP contribution in [0.3, 0.4) is 0 Å². The van der Waals surface area contributed by atoms with Crippen LogP contribution < -0.4 is 4.90 Å². The second-order valence-electron chi connectivity index (χ2n) is 7.02. The Kier molecular flexibility index (Phi) is 4.36. The Morgan fingerprint density at radius 1 is 1.11 bits per heavy atom. The average Bonchev–Trinajstić information content (AvgIpc) is 2.69. The fraction of sp³-hybridized carbons (Fsp3) is 0.227. The topological polar surface area (TPSA) is 53.5 Å². The SMILES string of the molecule is Cc1ccc(N2C[C@@H](C)N(C(=O)c3cccc4cnccc34)CC2=O)cc1. The summed E-state index contributed by atoms with van der Waals surface area (Å²) in [4.78, 5) is 33.5. The number of hydrogen-bond donors (Lipinski definition) is 0. The molecule has 1 aliphatic rings. The molecule has 0 saturated carbocycles. The number of carbonyl (C=O) groups is 2. The first kappa shape index (κ1) is 17.2. The number of carbonyl (C=O) groups excluding carboxylic acids is 2. The smallest absolute Gasteiger partial charge is 0.255 e. The molecule has 0 N–H and O–H groups in total. The van der Waals surface area contributed by atoms with E-state index in [4.69, 9.17) is 0 Å². The highest BCUT2D eigenvalue weighted by Crippen LogP contribution is 2.24. The molecule has 0 bridgehead atoms. The van der Waals surface area contributed by atoms with Crippen molar-refractivity contribution in [3.8, 4) is 0 Å². The van der Waals surface area contributed by atoms with E-state index in [2.05, 4.69) is 4.98 Å². The van der Waals surface area contributed by atoms with Crippen LogP contribution >= 0.6 is 0 Å². The van der Waals surface area contributed by atoms with E-state index in [1.165, 1.54) is 0 Å². The quantitative estimate of drug-likeness (QED) is 0.704. The van der Waals surface area contributed by atoms with E-state index in [1.54, 1.807) is 22.2 Å². The predicted molar refractivity (Wildman–Crippen MR) is 106 cm³/mol. The summed E-state index contributed by atoms with van der Waals surface area (Å²) in [5, 5.41) is 1.78. The van der Waals surface area contributed by atoms with E-state index in [-0.39, 0.29) is 24.4 Å². The molecule has 1 saturated heterocycles. The van der Waals surface area contributed by atoms with Crippen molar-refractivity contribution in [1.82, 2.24) is 9.88 Å². The van der Waals surface area contributed by atoms with Crippen molar-refractivity contribution in [2.45, 2.75) is 19.9 Å². The standard InChI is InChI=1S/C22H21N3O2/c1-15-6-8-18(9-7-15)25-13-16(2)24(14-21(25)26)22(27)20-5-3-4-17-12-23-11-10-19(17)20/h3-12,16H,13-14H2,1-2H3/t16-/m1/s1. The Bertz CT molecular complexity index is 1010. The van der Waals surface area contributed by atoms with Crippen LogP contribution in [0.5, 0.6) is 0 Å². The molecule has 27 heavy (non-hydrogen) atoms. The van der Waals surface area contributed by atoms with Crippen LogP contribution in [-0.2, 0) is 4.79 Å². The molecule has 136 valence electrons. The number of hydrogen-bond acceptors (Lipinski definition) is 3. The number of piperazine rings is 1. The number of benzene rings is 2. The number of amides is 2. The highest BCUT2D eigenvalue weighted by atomic mass is 16.2. The molecule has 1 aliphatic heterocycles. The van der Waals surface area contributed by atoms with E-state index in [0.29, 0.717) is 12.1 Å². The summed E-state index contributed by atoms with van der Waals surface area (Å²) in [6.07, 6.45) is 3.43. The van der Waals surface area contributed by atoms with Crippen LogP contribution in [0.2, 0.25) is 0 Å². The lowest BCUT2D eigenvalue weighted by Crippen LogP contribution is -2.57. The first-order chi connectivity index (χ1) is 13.0. The number of nitrogens with zero attached hydrogens (tertiary/aromatic N) is 3. The van der Waals surface area contributed by atoms with Gasteiger partial charge in [-0.05, 0) is 43.5 Å². The minimum atomic E-state index is -0.115. The predicted octanol–water partition coefficient (Wildman–Crippen LogP) is 3.42. The maximum atomic E-state index is 13.2. The summed E-state index contributed by atoms with van der Waals surface area (Å²) in [5.74, 6) is -0.177. The molecule has 1 aromatic heterocycles. The molecule has 5 heteroatoms. The van der Waals surface area contributed by atoms with E-state index in [0.717, 1.165) is 22.0 Å². The zero-order valence-electron chi connectivity index (χ0n) is 15.4. The molecule has 0 spiro atoms. The molecular formula is C22H21N3O2. The molecule has 3 aromatic rings. The van der Waals surface area contributed by atoms with Gasteiger partial charge in [-0.15, -0.1) is 0 Å². The lowest BCUT2D eigenvalue weighted by Gasteiger charge is -2.39. The molecule has 2 aromatic carbocycles. The Morgan fingerprint density at radius 2 is 1.89 bits per heavy atom. The van der Waals surface area contributed by atoms with Crippen molar-refractivity contribution in [3.63, 3.8) is 0 Å². The van der Waals surface area contributed by atoms with E-state index in [9.17, 15) is 9.59 Å². The third kappa shape index (κ3) is 3.16. The second kappa shape index (κ2) is 6.83. The van der Waals surface area contributed by atoms with Crippen molar-refractivity contribution in [2.75, 3.05) is 18.0 Å². The lowest BCUT2D eigenvalue weighted by molar-refractivity contribution is -0.121. The largest absolute Gasteiger partial charge is 0.325 e. The van der Waals surface area contributed by atoms with Crippen molar-refractivity contribution >= 4 is 28.3 Å². The number of rotatable bonds is 2. The molecule has 5 nitrogen and oxygen atoms in total. The molecule has 2 amide bonds. The summed E-state index contributed by atoms with van der Waals surface area (Å²) in [6.45, 7) is 4.57. The minimum absolute atomic E-state index is 0.0628. The van der Waals surface area contributed by atoms with Gasteiger partial charge in [-0.1, -0.05) is 29.8 Å². The average molecular weight is 359 g/mol. The minimum Gasteiger partial charge on any atom is -0.325 e. The Balaban J connectivity index is 1.61. The molecule has 4 rings (SSSR count). The third-order valence-corrected chi connectivity index (χ3v) is 5.10. The molecule has 0 aliphatic carbocycles. The van der Waals surface area contributed by atoms with Gasteiger partial charge in [0.15, 0.2) is 0 Å². The van der Waals surface area contributed by atoms with Gasteiger partial charge in [0.2, 0.25) is 5.91 Å². The van der Waals surface area contributed by atoms with Gasteiger partial charge >= 0.3 is 0 Å². The second-order valence-corrected chi connectivity index (χ2v) is 7.02. The Hall–Kier alpha value is -3.21. The van der Waals surface area contributed by atoms with Gasteiger partial charge in [0.05, 0.1) is 0 Å². The zero-order chi connectivity index (χ0) is 19.0. The van der Waals surface area contributed by atoms with Crippen LogP contribution in [0.15, 0.2) is 60.9 Å². The number of aromatic nitrogens is 1. The van der Waals surface area contributed by atoms with Gasteiger partial charge in [-0.25, -0.2) is 0 Å². The summed E-state index contributed by atoms with van der Waals surface area (Å²) >= 11 is 0. The Morgan fingerprint density at radius 3 is 2.67 bits per heavy atom. The Labute approximate surface area is 158 Å². The molecule has 2 heterocycles. The fourth-order valence-electron chi connectivity index (χ4n) is 3.56. The molecule has 0 radical (unpaired) electrons. The maximum absolute atomic E-state index is 13.2. The highest BCUT2D eigenvalue weighted by molar-refractivity contribution is 6.09. The van der Waals surface area contributed by atoms with Crippen molar-refractivity contribution in [1.29, 1.82) is 0 Å². The first-order valence-electron chi connectivity index (χ1n) is 9.05. The van der Waals surface area contributed by atoms with Crippen molar-refractivity contribution < 1.29 is 9.59 Å². The molecule has 1 fully saturated rings. The molecule has 1 atom stereocenters. The van der Waals surface area contributed by atoms with Crippen molar-refractivity contribution in [2.24, 2.45) is 0 Å².